The lowest BCUT2D eigenvalue weighted by Gasteiger charge is -2.27. The maximum Gasteiger partial charge on any atom is 0.417 e. The van der Waals surface area contributed by atoms with E-state index >= 15 is 0 Å². The molecule has 1 aromatic rings. The Hall–Kier alpha value is -3.49. The Morgan fingerprint density at radius 1 is 1.27 bits per heavy atom. The normalized spacial score (nSPS) is 22.8. The van der Waals surface area contributed by atoms with Crippen molar-refractivity contribution in [3.63, 3.8) is 0 Å². The summed E-state index contributed by atoms with van der Waals surface area (Å²) in [6.07, 6.45) is 3.57. The molecule has 0 aliphatic carbocycles. The molecule has 3 aliphatic rings. The quantitative estimate of drug-likeness (QED) is 0.710. The molecule has 0 radical (unpaired) electrons. The molecule has 0 saturated carbocycles. The van der Waals surface area contributed by atoms with Crippen molar-refractivity contribution in [3.8, 4) is 0 Å². The monoisotopic (exact) mass is 415 g/mol. The van der Waals surface area contributed by atoms with Gasteiger partial charge in [-0.3, -0.25) is 4.79 Å². The molecule has 3 N–H and O–H groups in total. The predicted molar refractivity (Wildman–Crippen MR) is 107 cm³/mol. The van der Waals surface area contributed by atoms with Gasteiger partial charge in [0.2, 0.25) is 0 Å². The summed E-state index contributed by atoms with van der Waals surface area (Å²) in [7, 11) is 0. The van der Waals surface area contributed by atoms with Crippen molar-refractivity contribution in [3.05, 3.63) is 83.0 Å². The first-order chi connectivity index (χ1) is 14.2. The third kappa shape index (κ3) is 3.83. The third-order valence-corrected chi connectivity index (χ3v) is 4.81. The van der Waals surface area contributed by atoms with E-state index in [-0.39, 0.29) is 23.0 Å². The Morgan fingerprint density at radius 2 is 2.03 bits per heavy atom. The number of carbonyl (C=O) groups excluding carboxylic acids is 1. The smallest absolute Gasteiger partial charge is 0.366 e. The predicted octanol–water partition coefficient (Wildman–Crippen LogP) is 2.95. The zero-order chi connectivity index (χ0) is 21.5. The van der Waals surface area contributed by atoms with Crippen LogP contribution in [0, 0.1) is 0 Å². The summed E-state index contributed by atoms with van der Waals surface area (Å²) < 4.78 is 40.2. The van der Waals surface area contributed by atoms with Crippen LogP contribution in [0.4, 0.5) is 13.2 Å². The molecule has 2 unspecified atom stereocenters. The minimum Gasteiger partial charge on any atom is -0.366 e. The van der Waals surface area contributed by atoms with Crippen LogP contribution in [0.5, 0.6) is 0 Å². The second-order valence-electron chi connectivity index (χ2n) is 7.23. The Balaban J connectivity index is 1.59. The SMILES string of the molecule is CC1=CC(C)NC(NC(=O)C2=CNC3C=CC(c4ccccc4C(F)(F)F)=NN23)=C1. The number of nitrogens with one attached hydrogen (secondary N) is 3. The number of amides is 1. The van der Waals surface area contributed by atoms with Crippen LogP contribution in [0.1, 0.15) is 25.0 Å². The van der Waals surface area contributed by atoms with Gasteiger partial charge in [-0.1, -0.05) is 24.3 Å². The topological polar surface area (TPSA) is 68.8 Å². The molecule has 30 heavy (non-hydrogen) atoms. The number of hydrazone groups is 1. The molecule has 1 aromatic carbocycles. The fourth-order valence-corrected chi connectivity index (χ4v) is 3.56. The third-order valence-electron chi connectivity index (χ3n) is 4.81. The summed E-state index contributed by atoms with van der Waals surface area (Å²) in [6.45, 7) is 3.89. The van der Waals surface area contributed by atoms with Crippen molar-refractivity contribution in [2.24, 2.45) is 5.10 Å². The molecule has 3 heterocycles. The van der Waals surface area contributed by atoms with Gasteiger partial charge in [0.1, 0.15) is 17.7 Å². The summed E-state index contributed by atoms with van der Waals surface area (Å²) in [5, 5.41) is 14.6. The Morgan fingerprint density at radius 3 is 2.77 bits per heavy atom. The number of nitrogens with zero attached hydrogens (tertiary/aromatic N) is 2. The fraction of sp³-hybridized carbons (Fsp3) is 0.238. The van der Waals surface area contributed by atoms with Gasteiger partial charge < -0.3 is 16.0 Å². The van der Waals surface area contributed by atoms with E-state index in [1.54, 1.807) is 6.08 Å². The minimum atomic E-state index is -4.51. The van der Waals surface area contributed by atoms with E-state index in [1.807, 2.05) is 26.0 Å². The van der Waals surface area contributed by atoms with Crippen molar-refractivity contribution >= 4 is 11.6 Å². The van der Waals surface area contributed by atoms with E-state index < -0.39 is 23.8 Å². The summed E-state index contributed by atoms with van der Waals surface area (Å²) in [4.78, 5) is 12.8. The van der Waals surface area contributed by atoms with E-state index in [4.69, 9.17) is 0 Å². The molecule has 0 spiro atoms. The number of halogens is 3. The van der Waals surface area contributed by atoms with Gasteiger partial charge >= 0.3 is 6.18 Å². The van der Waals surface area contributed by atoms with Gasteiger partial charge in [-0.05, 0) is 43.7 Å². The van der Waals surface area contributed by atoms with E-state index in [9.17, 15) is 18.0 Å². The highest BCUT2D eigenvalue weighted by molar-refractivity contribution is 6.10. The number of hydrogen-bond acceptors (Lipinski definition) is 5. The zero-order valence-electron chi connectivity index (χ0n) is 16.3. The van der Waals surface area contributed by atoms with Crippen molar-refractivity contribution in [2.45, 2.75) is 32.2 Å². The molecular weight excluding hydrogens is 395 g/mol. The molecule has 2 atom stereocenters. The molecule has 156 valence electrons. The number of rotatable bonds is 3. The number of hydrogen-bond donors (Lipinski definition) is 3. The Kier molecular flexibility index (Phi) is 4.89. The van der Waals surface area contributed by atoms with E-state index in [0.29, 0.717) is 5.82 Å². The van der Waals surface area contributed by atoms with Gasteiger partial charge in [-0.2, -0.15) is 18.3 Å². The summed E-state index contributed by atoms with van der Waals surface area (Å²) in [6, 6.07) is 5.31. The number of alkyl halides is 3. The van der Waals surface area contributed by atoms with Gasteiger partial charge in [0.15, 0.2) is 0 Å². The van der Waals surface area contributed by atoms with Crippen LogP contribution in [0.25, 0.3) is 0 Å². The second kappa shape index (κ2) is 7.40. The number of dihydropyridines is 1. The number of allylic oxidation sites excluding steroid dienone is 3. The first-order valence-corrected chi connectivity index (χ1v) is 9.39. The van der Waals surface area contributed by atoms with Gasteiger partial charge in [-0.25, -0.2) is 5.01 Å². The van der Waals surface area contributed by atoms with Crippen LogP contribution < -0.4 is 16.0 Å². The van der Waals surface area contributed by atoms with Crippen LogP contribution in [0.3, 0.4) is 0 Å². The molecule has 0 saturated heterocycles. The molecule has 6 nitrogen and oxygen atoms in total. The maximum absolute atomic E-state index is 13.4. The van der Waals surface area contributed by atoms with E-state index in [1.165, 1.54) is 35.5 Å². The summed E-state index contributed by atoms with van der Waals surface area (Å²) in [5.74, 6) is 0.129. The lowest BCUT2D eigenvalue weighted by atomic mass is 10.0. The molecule has 4 rings (SSSR count). The molecule has 3 aliphatic heterocycles. The van der Waals surface area contributed by atoms with Crippen molar-refractivity contribution < 1.29 is 18.0 Å². The highest BCUT2D eigenvalue weighted by atomic mass is 19.4. The molecule has 0 fully saturated rings. The van der Waals surface area contributed by atoms with Crippen molar-refractivity contribution in [2.75, 3.05) is 0 Å². The van der Waals surface area contributed by atoms with Gasteiger partial charge in [-0.15, -0.1) is 0 Å². The number of carbonyl (C=O) groups is 1. The van der Waals surface area contributed by atoms with Gasteiger partial charge in [0.05, 0.1) is 11.3 Å². The van der Waals surface area contributed by atoms with Crippen LogP contribution in [-0.4, -0.2) is 28.8 Å². The van der Waals surface area contributed by atoms with Crippen LogP contribution in [-0.2, 0) is 11.0 Å². The summed E-state index contributed by atoms with van der Waals surface area (Å²) >= 11 is 0. The fourth-order valence-electron chi connectivity index (χ4n) is 3.56. The maximum atomic E-state index is 13.4. The average Bonchev–Trinajstić information content (AvgIpc) is 3.10. The number of fused-ring (bicyclic) bond motifs is 1. The summed E-state index contributed by atoms with van der Waals surface area (Å²) in [5.41, 5.74) is 0.523. The van der Waals surface area contributed by atoms with E-state index in [2.05, 4.69) is 21.1 Å². The standard InChI is InChI=1S/C21H20F3N5O/c1-12-9-13(2)26-18(10-12)27-20(30)17-11-25-19-8-7-16(28-29(17)19)14-5-3-4-6-15(14)21(22,23)24/h3-11,13,19,25-26H,1-2H3,(H,27,30). The Labute approximate surface area is 171 Å². The van der Waals surface area contributed by atoms with Crippen molar-refractivity contribution in [1.82, 2.24) is 21.0 Å². The first kappa shape index (κ1) is 19.8. The lowest BCUT2D eigenvalue weighted by Crippen LogP contribution is -2.42. The van der Waals surface area contributed by atoms with E-state index in [0.717, 1.165) is 11.6 Å². The van der Waals surface area contributed by atoms with Crippen LogP contribution in [0.15, 0.2) is 77.0 Å². The largest absolute Gasteiger partial charge is 0.417 e. The highest BCUT2D eigenvalue weighted by Crippen LogP contribution is 2.33. The molecule has 9 heteroatoms. The highest BCUT2D eigenvalue weighted by Gasteiger charge is 2.36. The lowest BCUT2D eigenvalue weighted by molar-refractivity contribution is -0.137. The average molecular weight is 415 g/mol. The minimum absolute atomic E-state index is 0.0439. The Bertz CT molecular complexity index is 1040. The van der Waals surface area contributed by atoms with Crippen molar-refractivity contribution in [1.29, 1.82) is 0 Å². The second-order valence-corrected chi connectivity index (χ2v) is 7.23. The molecule has 1 amide bonds. The zero-order valence-corrected chi connectivity index (χ0v) is 16.3. The molecule has 0 aromatic heterocycles. The van der Waals surface area contributed by atoms with Gasteiger partial charge in [0, 0.05) is 17.8 Å². The van der Waals surface area contributed by atoms with Crippen LogP contribution >= 0.6 is 0 Å². The van der Waals surface area contributed by atoms with Gasteiger partial charge in [0.25, 0.3) is 5.91 Å². The molecule has 0 bridgehead atoms. The van der Waals surface area contributed by atoms with Crippen LogP contribution in [0.2, 0.25) is 0 Å². The first-order valence-electron chi connectivity index (χ1n) is 9.39. The molecular formula is C21H20F3N5O. The number of benzene rings is 1.